The Morgan fingerprint density at radius 3 is 2.91 bits per heavy atom. The van der Waals surface area contributed by atoms with Gasteiger partial charge in [0, 0.05) is 18.3 Å². The lowest BCUT2D eigenvalue weighted by Gasteiger charge is -2.33. The second-order valence-electron chi connectivity index (χ2n) is 5.58. The van der Waals surface area contributed by atoms with Gasteiger partial charge in [0.1, 0.15) is 6.54 Å². The van der Waals surface area contributed by atoms with E-state index >= 15 is 0 Å². The van der Waals surface area contributed by atoms with E-state index in [0.29, 0.717) is 12.8 Å². The van der Waals surface area contributed by atoms with Crippen LogP contribution in [-0.4, -0.2) is 36.1 Å². The summed E-state index contributed by atoms with van der Waals surface area (Å²) in [6.45, 7) is 1.58. The topological polar surface area (TPSA) is 116 Å². The third kappa shape index (κ3) is 3.30. The maximum Gasteiger partial charge on any atom is 0.225 e. The van der Waals surface area contributed by atoms with E-state index in [1.165, 1.54) is 12.4 Å². The normalized spacial score (nSPS) is 23.5. The summed E-state index contributed by atoms with van der Waals surface area (Å²) in [5, 5.41) is 10.4. The number of H-pyrrole nitrogens is 1. The van der Waals surface area contributed by atoms with Gasteiger partial charge in [0.05, 0.1) is 11.3 Å². The summed E-state index contributed by atoms with van der Waals surface area (Å²) in [5.74, 6) is -0.864. The van der Waals surface area contributed by atoms with Gasteiger partial charge in [-0.2, -0.15) is 5.26 Å². The molecule has 0 aromatic carbocycles. The van der Waals surface area contributed by atoms with Gasteiger partial charge in [-0.3, -0.25) is 4.79 Å². The Balaban J connectivity index is 2.20. The lowest BCUT2D eigenvalue weighted by molar-refractivity contribution is -0.127. The average molecular weight is 324 g/mol. The number of hydrogen-bond acceptors (Lipinski definition) is 5. The zero-order valence-corrected chi connectivity index (χ0v) is 13.3. The highest BCUT2D eigenvalue weighted by Gasteiger charge is 2.41. The monoisotopic (exact) mass is 324 g/mol. The molecule has 1 aromatic rings. The van der Waals surface area contributed by atoms with Gasteiger partial charge in [-0.05, 0) is 25.7 Å². The Morgan fingerprint density at radius 2 is 2.27 bits per heavy atom. The SMILES string of the molecule is CC([C@@H]1CCCC[C@H]1C(=O)NCC#N)S(=O)(=O)c1ncc[nH]1. The van der Waals surface area contributed by atoms with Crippen LogP contribution in [0.5, 0.6) is 0 Å². The number of amides is 1. The number of carbonyl (C=O) groups excluding carboxylic acids is 1. The molecule has 1 saturated carbocycles. The van der Waals surface area contributed by atoms with Crippen molar-refractivity contribution in [2.24, 2.45) is 11.8 Å². The lowest BCUT2D eigenvalue weighted by atomic mass is 9.77. The van der Waals surface area contributed by atoms with Crippen LogP contribution in [0.2, 0.25) is 0 Å². The second kappa shape index (κ2) is 6.92. The van der Waals surface area contributed by atoms with Gasteiger partial charge in [0.25, 0.3) is 0 Å². The molecule has 0 radical (unpaired) electrons. The van der Waals surface area contributed by atoms with Gasteiger partial charge in [0.15, 0.2) is 0 Å². The number of nitriles is 1. The number of sulfone groups is 1. The number of rotatable bonds is 5. The predicted molar refractivity (Wildman–Crippen MR) is 79.3 cm³/mol. The van der Waals surface area contributed by atoms with Crippen molar-refractivity contribution < 1.29 is 13.2 Å². The molecule has 0 spiro atoms. The van der Waals surface area contributed by atoms with E-state index in [4.69, 9.17) is 5.26 Å². The van der Waals surface area contributed by atoms with Gasteiger partial charge in [-0.15, -0.1) is 0 Å². The first-order valence-electron chi connectivity index (χ1n) is 7.36. The molecular weight excluding hydrogens is 304 g/mol. The van der Waals surface area contributed by atoms with Crippen molar-refractivity contribution in [1.29, 1.82) is 5.26 Å². The summed E-state index contributed by atoms with van der Waals surface area (Å²) in [4.78, 5) is 18.7. The molecule has 7 nitrogen and oxygen atoms in total. The number of nitrogens with one attached hydrogen (secondary N) is 2. The molecule has 1 unspecified atom stereocenters. The average Bonchev–Trinajstić information content (AvgIpc) is 3.07. The molecule has 1 aliphatic carbocycles. The van der Waals surface area contributed by atoms with E-state index in [-0.39, 0.29) is 29.4 Å². The van der Waals surface area contributed by atoms with Gasteiger partial charge >= 0.3 is 0 Å². The standard InChI is InChI=1S/C14H20N4O3S/c1-10(22(20,21)14-17-8-9-18-14)11-4-2-3-5-12(11)13(19)16-7-6-15/h8-12H,2-5,7H2,1H3,(H,16,19)(H,17,18)/t10?,11-,12+/m0/s1. The molecule has 2 N–H and O–H groups in total. The lowest BCUT2D eigenvalue weighted by Crippen LogP contribution is -2.43. The smallest absolute Gasteiger partial charge is 0.225 e. The number of imidazole rings is 1. The van der Waals surface area contributed by atoms with Crippen LogP contribution in [0.1, 0.15) is 32.6 Å². The van der Waals surface area contributed by atoms with E-state index in [1.54, 1.807) is 6.92 Å². The van der Waals surface area contributed by atoms with E-state index in [2.05, 4.69) is 15.3 Å². The molecule has 1 fully saturated rings. The van der Waals surface area contributed by atoms with Crippen molar-refractivity contribution in [2.45, 2.75) is 43.0 Å². The van der Waals surface area contributed by atoms with Crippen molar-refractivity contribution in [3.63, 3.8) is 0 Å². The van der Waals surface area contributed by atoms with Crippen LogP contribution in [0, 0.1) is 23.2 Å². The molecule has 0 aliphatic heterocycles. The highest BCUT2D eigenvalue weighted by Crippen LogP contribution is 2.36. The van der Waals surface area contributed by atoms with Gasteiger partial charge in [0.2, 0.25) is 20.9 Å². The molecule has 0 bridgehead atoms. The van der Waals surface area contributed by atoms with Crippen LogP contribution >= 0.6 is 0 Å². The van der Waals surface area contributed by atoms with Crippen LogP contribution in [0.3, 0.4) is 0 Å². The van der Waals surface area contributed by atoms with Crippen molar-refractivity contribution in [1.82, 2.24) is 15.3 Å². The number of hydrogen-bond donors (Lipinski definition) is 2. The summed E-state index contributed by atoms with van der Waals surface area (Å²) in [7, 11) is -3.59. The van der Waals surface area contributed by atoms with Crippen LogP contribution in [0.4, 0.5) is 0 Å². The summed E-state index contributed by atoms with van der Waals surface area (Å²) in [6, 6.07) is 1.87. The van der Waals surface area contributed by atoms with Crippen LogP contribution in [0.15, 0.2) is 17.6 Å². The minimum absolute atomic E-state index is 0.0539. The molecule has 0 saturated heterocycles. The highest BCUT2D eigenvalue weighted by atomic mass is 32.2. The fraction of sp³-hybridized carbons (Fsp3) is 0.643. The molecular formula is C14H20N4O3S. The molecule has 1 aromatic heterocycles. The Labute approximate surface area is 130 Å². The van der Waals surface area contributed by atoms with Crippen LogP contribution < -0.4 is 5.32 Å². The Kier molecular flexibility index (Phi) is 5.19. The Bertz CT molecular complexity index is 648. The second-order valence-corrected chi connectivity index (χ2v) is 7.80. The third-order valence-electron chi connectivity index (χ3n) is 4.33. The highest BCUT2D eigenvalue weighted by molar-refractivity contribution is 7.91. The first kappa shape index (κ1) is 16.5. The molecule has 1 heterocycles. The number of carbonyl (C=O) groups is 1. The van der Waals surface area contributed by atoms with Gasteiger partial charge in [-0.25, -0.2) is 13.4 Å². The van der Waals surface area contributed by atoms with Crippen molar-refractivity contribution in [3.05, 3.63) is 12.4 Å². The molecule has 3 atom stereocenters. The zero-order chi connectivity index (χ0) is 16.2. The summed E-state index contributed by atoms with van der Waals surface area (Å²) >= 11 is 0. The molecule has 8 heteroatoms. The Hall–Kier alpha value is -1.88. The third-order valence-corrected chi connectivity index (χ3v) is 6.42. The first-order valence-corrected chi connectivity index (χ1v) is 8.91. The number of aromatic amines is 1. The predicted octanol–water partition coefficient (Wildman–Crippen LogP) is 1.02. The van der Waals surface area contributed by atoms with E-state index in [9.17, 15) is 13.2 Å². The fourth-order valence-corrected chi connectivity index (χ4v) is 4.70. The minimum Gasteiger partial charge on any atom is -0.343 e. The zero-order valence-electron chi connectivity index (χ0n) is 12.4. The minimum atomic E-state index is -3.59. The number of aromatic nitrogens is 2. The molecule has 120 valence electrons. The molecule has 1 aliphatic rings. The molecule has 2 rings (SSSR count). The maximum atomic E-state index is 12.6. The van der Waals surface area contributed by atoms with E-state index in [0.717, 1.165) is 12.8 Å². The quantitative estimate of drug-likeness (QED) is 0.784. The van der Waals surface area contributed by atoms with E-state index in [1.807, 2.05) is 6.07 Å². The number of nitrogens with zero attached hydrogens (tertiary/aromatic N) is 2. The summed E-state index contributed by atoms with van der Waals surface area (Å²) in [6.07, 6.45) is 6.01. The van der Waals surface area contributed by atoms with Crippen LogP contribution in [0.25, 0.3) is 0 Å². The first-order chi connectivity index (χ1) is 10.5. The molecule has 22 heavy (non-hydrogen) atoms. The molecule has 1 amide bonds. The van der Waals surface area contributed by atoms with Crippen molar-refractivity contribution in [3.8, 4) is 6.07 Å². The fourth-order valence-electron chi connectivity index (χ4n) is 3.12. The van der Waals surface area contributed by atoms with Gasteiger partial charge < -0.3 is 10.3 Å². The maximum absolute atomic E-state index is 12.6. The summed E-state index contributed by atoms with van der Waals surface area (Å²) < 4.78 is 25.2. The van der Waals surface area contributed by atoms with Crippen molar-refractivity contribution in [2.75, 3.05) is 6.54 Å². The van der Waals surface area contributed by atoms with E-state index < -0.39 is 15.1 Å². The summed E-state index contributed by atoms with van der Waals surface area (Å²) in [5.41, 5.74) is 0. The van der Waals surface area contributed by atoms with Crippen LogP contribution in [-0.2, 0) is 14.6 Å². The van der Waals surface area contributed by atoms with Gasteiger partial charge in [-0.1, -0.05) is 12.8 Å². The van der Waals surface area contributed by atoms with Crippen molar-refractivity contribution >= 4 is 15.7 Å². The Morgan fingerprint density at radius 1 is 1.55 bits per heavy atom. The largest absolute Gasteiger partial charge is 0.343 e.